The summed E-state index contributed by atoms with van der Waals surface area (Å²) >= 11 is 1.39. The van der Waals surface area contributed by atoms with Crippen LogP contribution in [0, 0.1) is 11.8 Å². The Hall–Kier alpha value is -1.45. The van der Waals surface area contributed by atoms with E-state index in [2.05, 4.69) is 0 Å². The fraction of sp³-hybridized carbons (Fsp3) is 0.389. The fourth-order valence-corrected chi connectivity index (χ4v) is 5.04. The molecule has 0 aliphatic carbocycles. The van der Waals surface area contributed by atoms with Crippen LogP contribution < -0.4 is 0 Å². The van der Waals surface area contributed by atoms with Gasteiger partial charge < -0.3 is 14.8 Å². The Bertz CT molecular complexity index is 732. The van der Waals surface area contributed by atoms with Crippen LogP contribution >= 0.6 is 20.2 Å². The number of phenolic OH excluding ortho intramolecular Hbond substituents is 1. The van der Waals surface area contributed by atoms with Crippen molar-refractivity contribution in [2.75, 3.05) is 5.75 Å². The maximum atomic E-state index is 11.7. The molecule has 0 saturated carbocycles. The highest BCUT2D eigenvalue weighted by Crippen LogP contribution is 2.38. The molecule has 6 heteroatoms. The summed E-state index contributed by atoms with van der Waals surface area (Å²) in [5.74, 6) is -0.670. The number of carboxylic acid groups (broad SMARTS) is 1. The van der Waals surface area contributed by atoms with Gasteiger partial charge in [-0.25, -0.2) is 0 Å². The molecule has 0 aromatic heterocycles. The smallest absolute Gasteiger partial charge is 0.307 e. The van der Waals surface area contributed by atoms with Gasteiger partial charge >= 0.3 is 5.97 Å². The standard InChI is InChI=1S/C18H23O4PS/c1-11(2)9-14(18(20)21)16(23-22)10-24-17-13-6-4-3-5-12(13)7-8-15(17)19/h3-8,11,14,16,19H,9-10,23H2,1-2H3,(H,20,21). The van der Waals surface area contributed by atoms with E-state index in [1.807, 2.05) is 44.2 Å². The van der Waals surface area contributed by atoms with Crippen molar-refractivity contribution in [2.24, 2.45) is 11.8 Å². The number of aliphatic carboxylic acids is 1. The summed E-state index contributed by atoms with van der Waals surface area (Å²) in [5.41, 5.74) is -0.381. The number of carbonyl (C=O) groups is 1. The van der Waals surface area contributed by atoms with E-state index in [0.717, 1.165) is 15.7 Å². The molecule has 0 spiro atoms. The highest BCUT2D eigenvalue weighted by atomic mass is 32.2. The fourth-order valence-electron chi connectivity index (χ4n) is 2.78. The van der Waals surface area contributed by atoms with Gasteiger partial charge in [-0.15, -0.1) is 11.8 Å². The predicted octanol–water partition coefficient (Wildman–Crippen LogP) is 4.51. The minimum absolute atomic E-state index is 0.175. The van der Waals surface area contributed by atoms with Crippen molar-refractivity contribution in [3.63, 3.8) is 0 Å². The van der Waals surface area contributed by atoms with Crippen molar-refractivity contribution in [1.82, 2.24) is 0 Å². The molecule has 0 saturated heterocycles. The molecule has 0 fully saturated rings. The molecule has 0 bridgehead atoms. The molecule has 0 aliphatic heterocycles. The zero-order chi connectivity index (χ0) is 17.7. The van der Waals surface area contributed by atoms with Crippen LogP contribution in [0.3, 0.4) is 0 Å². The molecule has 2 aromatic rings. The van der Waals surface area contributed by atoms with Gasteiger partial charge in [0.15, 0.2) is 0 Å². The van der Waals surface area contributed by atoms with Gasteiger partial charge in [-0.05, 0) is 29.2 Å². The second-order valence-corrected chi connectivity index (χ2v) is 8.48. The molecule has 2 aromatic carbocycles. The van der Waals surface area contributed by atoms with Crippen molar-refractivity contribution < 1.29 is 19.6 Å². The second kappa shape index (κ2) is 8.59. The first kappa shape index (κ1) is 18.9. The molecule has 3 atom stereocenters. The quantitative estimate of drug-likeness (QED) is 0.531. The van der Waals surface area contributed by atoms with E-state index in [0.29, 0.717) is 12.2 Å². The van der Waals surface area contributed by atoms with E-state index in [1.54, 1.807) is 6.07 Å². The maximum Gasteiger partial charge on any atom is 0.307 e. The van der Waals surface area contributed by atoms with Crippen molar-refractivity contribution in [2.45, 2.75) is 30.8 Å². The molecule has 2 N–H and O–H groups in total. The van der Waals surface area contributed by atoms with Crippen LogP contribution in [0.4, 0.5) is 0 Å². The molecule has 0 aliphatic rings. The maximum absolute atomic E-state index is 11.7. The lowest BCUT2D eigenvalue weighted by Gasteiger charge is -2.21. The molecule has 0 amide bonds. The number of hydrogen-bond acceptors (Lipinski definition) is 4. The van der Waals surface area contributed by atoms with Crippen molar-refractivity contribution in [3.8, 4) is 5.75 Å². The first-order chi connectivity index (χ1) is 11.4. The molecule has 130 valence electrons. The molecule has 4 nitrogen and oxygen atoms in total. The Kier molecular flexibility index (Phi) is 6.76. The van der Waals surface area contributed by atoms with E-state index in [-0.39, 0.29) is 17.3 Å². The first-order valence-electron chi connectivity index (χ1n) is 7.95. The van der Waals surface area contributed by atoms with E-state index in [4.69, 9.17) is 0 Å². The number of rotatable bonds is 8. The summed E-state index contributed by atoms with van der Waals surface area (Å²) in [6.45, 7) is 3.94. The summed E-state index contributed by atoms with van der Waals surface area (Å²) in [7, 11) is -1.20. The van der Waals surface area contributed by atoms with Crippen LogP contribution in [-0.2, 0) is 9.36 Å². The van der Waals surface area contributed by atoms with Gasteiger partial charge in [-0.3, -0.25) is 4.79 Å². The predicted molar refractivity (Wildman–Crippen MR) is 101 cm³/mol. The normalized spacial score (nSPS) is 14.5. The van der Waals surface area contributed by atoms with Crippen molar-refractivity contribution in [3.05, 3.63) is 36.4 Å². The lowest BCUT2D eigenvalue weighted by Crippen LogP contribution is -2.27. The Balaban J connectivity index is 2.23. The topological polar surface area (TPSA) is 74.6 Å². The summed E-state index contributed by atoms with van der Waals surface area (Å²) in [6, 6.07) is 11.2. The van der Waals surface area contributed by atoms with Crippen LogP contribution in [-0.4, -0.2) is 27.6 Å². The number of benzene rings is 2. The van der Waals surface area contributed by atoms with Crippen molar-refractivity contribution in [1.29, 1.82) is 0 Å². The van der Waals surface area contributed by atoms with E-state index in [9.17, 15) is 19.6 Å². The number of thioether (sulfide) groups is 1. The molecule has 2 rings (SSSR count). The van der Waals surface area contributed by atoms with E-state index >= 15 is 0 Å². The van der Waals surface area contributed by atoms with Gasteiger partial charge in [0.1, 0.15) is 5.75 Å². The van der Waals surface area contributed by atoms with Crippen LogP contribution in [0.2, 0.25) is 0 Å². The number of phenols is 1. The van der Waals surface area contributed by atoms with Gasteiger partial charge in [0.2, 0.25) is 0 Å². The Morgan fingerprint density at radius 2 is 1.92 bits per heavy atom. The monoisotopic (exact) mass is 366 g/mol. The lowest BCUT2D eigenvalue weighted by molar-refractivity contribution is -0.142. The molecular weight excluding hydrogens is 343 g/mol. The van der Waals surface area contributed by atoms with Crippen LogP contribution in [0.1, 0.15) is 20.3 Å². The average Bonchev–Trinajstić information content (AvgIpc) is 2.55. The Labute approximate surface area is 147 Å². The van der Waals surface area contributed by atoms with Crippen molar-refractivity contribution >= 4 is 37.0 Å². The zero-order valence-corrected chi connectivity index (χ0v) is 15.8. The largest absolute Gasteiger partial charge is 0.507 e. The summed E-state index contributed by atoms with van der Waals surface area (Å²) in [4.78, 5) is 12.3. The van der Waals surface area contributed by atoms with E-state index < -0.39 is 20.3 Å². The molecule has 24 heavy (non-hydrogen) atoms. The minimum atomic E-state index is -1.20. The van der Waals surface area contributed by atoms with Crippen LogP contribution in [0.5, 0.6) is 5.75 Å². The number of hydrogen-bond donors (Lipinski definition) is 2. The second-order valence-electron chi connectivity index (χ2n) is 6.32. The van der Waals surface area contributed by atoms with E-state index in [1.165, 1.54) is 11.8 Å². The Morgan fingerprint density at radius 3 is 2.54 bits per heavy atom. The van der Waals surface area contributed by atoms with Gasteiger partial charge in [-0.1, -0.05) is 44.2 Å². The molecule has 3 unspecified atom stereocenters. The number of fused-ring (bicyclic) bond motifs is 1. The summed E-state index contributed by atoms with van der Waals surface area (Å²) in [6.07, 6.45) is 0.511. The average molecular weight is 366 g/mol. The highest BCUT2D eigenvalue weighted by Gasteiger charge is 2.28. The summed E-state index contributed by atoms with van der Waals surface area (Å²) < 4.78 is 11.7. The van der Waals surface area contributed by atoms with Gasteiger partial charge in [0.25, 0.3) is 0 Å². The highest BCUT2D eigenvalue weighted by molar-refractivity contribution is 7.99. The Morgan fingerprint density at radius 1 is 1.21 bits per heavy atom. The number of aromatic hydroxyl groups is 1. The van der Waals surface area contributed by atoms with Gasteiger partial charge in [-0.2, -0.15) is 0 Å². The molecule has 0 radical (unpaired) electrons. The minimum Gasteiger partial charge on any atom is -0.507 e. The molecular formula is C18H23O4PS. The SMILES string of the molecule is CC(C)CC(C(=O)O)C(CSc1c(O)ccc2ccccc12)[PH2]=O. The third-order valence-electron chi connectivity index (χ3n) is 4.01. The van der Waals surface area contributed by atoms with Gasteiger partial charge in [0, 0.05) is 11.4 Å². The zero-order valence-electron chi connectivity index (χ0n) is 13.8. The van der Waals surface area contributed by atoms with Crippen LogP contribution in [0.15, 0.2) is 41.3 Å². The van der Waals surface area contributed by atoms with Crippen LogP contribution in [0.25, 0.3) is 10.8 Å². The first-order valence-corrected chi connectivity index (χ1v) is 10.1. The van der Waals surface area contributed by atoms with Gasteiger partial charge in [0.05, 0.1) is 19.3 Å². The third-order valence-corrected chi connectivity index (χ3v) is 6.67. The lowest BCUT2D eigenvalue weighted by atomic mass is 9.94. The molecule has 0 heterocycles. The third kappa shape index (κ3) is 4.55. The number of carboxylic acids is 1. The summed E-state index contributed by atoms with van der Waals surface area (Å²) in [5, 5.41) is 21.6.